The molecule has 1 aromatic heterocycles. The third-order valence-electron chi connectivity index (χ3n) is 3.70. The van der Waals surface area contributed by atoms with Crippen LogP contribution in [0.2, 0.25) is 5.02 Å². The Kier molecular flexibility index (Phi) is 2.46. The van der Waals surface area contributed by atoms with Gasteiger partial charge in [0.25, 0.3) is 0 Å². The molecule has 0 radical (unpaired) electrons. The lowest BCUT2D eigenvalue weighted by Gasteiger charge is -1.96. The van der Waals surface area contributed by atoms with Crippen LogP contribution < -0.4 is 0 Å². The Morgan fingerprint density at radius 1 is 0.957 bits per heavy atom. The number of aromatic nitrogens is 5. The van der Waals surface area contributed by atoms with Crippen LogP contribution in [0.3, 0.4) is 0 Å². The zero-order valence-electron chi connectivity index (χ0n) is 11.6. The van der Waals surface area contributed by atoms with Crippen LogP contribution in [0, 0.1) is 0 Å². The standard InChI is InChI=1S/C16H8ClN5O/c17-11-7-3-1-5-9(11)15-21-22-14-13(19-20-16(22)23-15)10-6-2-4-8-12(10)18-14/h1-8H. The van der Waals surface area contributed by atoms with Crippen molar-refractivity contribution in [1.82, 2.24) is 24.8 Å². The Morgan fingerprint density at radius 2 is 1.78 bits per heavy atom. The fraction of sp³-hybridized carbons (Fsp3) is 0. The molecule has 3 heterocycles. The molecule has 0 spiro atoms. The number of fused-ring (bicyclic) bond motifs is 5. The number of para-hydroxylation sites is 1. The van der Waals surface area contributed by atoms with Gasteiger partial charge in [-0.25, -0.2) is 4.98 Å². The molecular formula is C16H8ClN5O. The van der Waals surface area contributed by atoms with E-state index in [1.165, 1.54) is 0 Å². The van der Waals surface area contributed by atoms with Gasteiger partial charge in [-0.2, -0.15) is 4.52 Å². The van der Waals surface area contributed by atoms with Crippen molar-refractivity contribution >= 4 is 28.3 Å². The van der Waals surface area contributed by atoms with E-state index in [4.69, 9.17) is 16.0 Å². The first-order valence-electron chi connectivity index (χ1n) is 6.97. The van der Waals surface area contributed by atoms with E-state index in [1.54, 1.807) is 10.6 Å². The lowest BCUT2D eigenvalue weighted by molar-refractivity contribution is 0.595. The average Bonchev–Trinajstić information content (AvgIpc) is 3.16. The van der Waals surface area contributed by atoms with Crippen molar-refractivity contribution in [3.05, 3.63) is 53.6 Å². The highest BCUT2D eigenvalue weighted by molar-refractivity contribution is 6.33. The minimum atomic E-state index is 0.273. The SMILES string of the molecule is Clc1ccccc1-c1nn2c3nc4ccccc4c-3nnc2o1. The van der Waals surface area contributed by atoms with Crippen LogP contribution in [0.15, 0.2) is 52.9 Å². The van der Waals surface area contributed by atoms with Crippen LogP contribution in [0.5, 0.6) is 0 Å². The minimum Gasteiger partial charge on any atom is -0.402 e. The van der Waals surface area contributed by atoms with E-state index in [9.17, 15) is 0 Å². The summed E-state index contributed by atoms with van der Waals surface area (Å²) in [7, 11) is 0. The Bertz CT molecular complexity index is 1150. The number of hydrogen-bond donors (Lipinski definition) is 0. The first kappa shape index (κ1) is 12.5. The maximum Gasteiger partial charge on any atom is 0.346 e. The molecule has 7 heteroatoms. The van der Waals surface area contributed by atoms with Crippen LogP contribution in [-0.4, -0.2) is 24.8 Å². The molecule has 23 heavy (non-hydrogen) atoms. The van der Waals surface area contributed by atoms with Crippen molar-refractivity contribution in [2.75, 3.05) is 0 Å². The van der Waals surface area contributed by atoms with Gasteiger partial charge in [0.1, 0.15) is 5.69 Å². The van der Waals surface area contributed by atoms with Gasteiger partial charge < -0.3 is 4.42 Å². The average molecular weight is 322 g/mol. The van der Waals surface area contributed by atoms with Gasteiger partial charge >= 0.3 is 5.84 Å². The summed E-state index contributed by atoms with van der Waals surface area (Å²) in [5, 5.41) is 14.3. The molecule has 0 fully saturated rings. The second-order valence-electron chi connectivity index (χ2n) is 5.08. The molecular weight excluding hydrogens is 314 g/mol. The van der Waals surface area contributed by atoms with Crippen LogP contribution >= 0.6 is 11.6 Å². The second kappa shape index (κ2) is 4.50. The fourth-order valence-corrected chi connectivity index (χ4v) is 2.84. The van der Waals surface area contributed by atoms with Crippen LogP contribution in [0.1, 0.15) is 0 Å². The van der Waals surface area contributed by atoms with Gasteiger partial charge in [-0.3, -0.25) is 0 Å². The van der Waals surface area contributed by atoms with Gasteiger partial charge in [0, 0.05) is 5.39 Å². The first-order valence-corrected chi connectivity index (χ1v) is 7.35. The molecule has 0 saturated carbocycles. The largest absolute Gasteiger partial charge is 0.402 e. The van der Waals surface area contributed by atoms with Crippen LogP contribution in [0.4, 0.5) is 0 Å². The second-order valence-corrected chi connectivity index (χ2v) is 5.49. The van der Waals surface area contributed by atoms with Gasteiger partial charge in [0.05, 0.1) is 16.1 Å². The highest BCUT2D eigenvalue weighted by Crippen LogP contribution is 2.31. The fourth-order valence-electron chi connectivity index (χ4n) is 2.63. The molecule has 110 valence electrons. The molecule has 2 aliphatic rings. The first-order chi connectivity index (χ1) is 11.3. The van der Waals surface area contributed by atoms with Crippen molar-refractivity contribution < 1.29 is 4.42 Å². The predicted molar refractivity (Wildman–Crippen MR) is 85.4 cm³/mol. The molecule has 0 saturated heterocycles. The van der Waals surface area contributed by atoms with E-state index >= 15 is 0 Å². The van der Waals surface area contributed by atoms with Gasteiger partial charge in [-0.05, 0) is 18.2 Å². The van der Waals surface area contributed by atoms with Gasteiger partial charge in [-0.15, -0.1) is 10.2 Å². The van der Waals surface area contributed by atoms with Crippen molar-refractivity contribution in [3.63, 3.8) is 0 Å². The molecule has 0 amide bonds. The molecule has 0 atom stereocenters. The number of halogens is 1. The molecule has 6 nitrogen and oxygen atoms in total. The number of benzene rings is 2. The monoisotopic (exact) mass is 321 g/mol. The van der Waals surface area contributed by atoms with Gasteiger partial charge in [-0.1, -0.05) is 47.0 Å². The molecule has 0 bridgehead atoms. The summed E-state index contributed by atoms with van der Waals surface area (Å²) in [6.45, 7) is 0. The van der Waals surface area contributed by atoms with Crippen molar-refractivity contribution in [2.24, 2.45) is 0 Å². The van der Waals surface area contributed by atoms with E-state index in [0.29, 0.717) is 28.0 Å². The summed E-state index contributed by atoms with van der Waals surface area (Å²) in [6.07, 6.45) is 0. The molecule has 2 aliphatic heterocycles. The summed E-state index contributed by atoms with van der Waals surface area (Å²) in [4.78, 5) is 4.58. The molecule has 0 unspecified atom stereocenters. The smallest absolute Gasteiger partial charge is 0.346 e. The lowest BCUT2D eigenvalue weighted by atomic mass is 10.2. The van der Waals surface area contributed by atoms with Crippen LogP contribution in [-0.2, 0) is 0 Å². The molecule has 3 aromatic rings. The maximum atomic E-state index is 6.21. The zero-order chi connectivity index (χ0) is 15.4. The molecule has 0 aliphatic carbocycles. The van der Waals surface area contributed by atoms with Gasteiger partial charge in [0.15, 0.2) is 5.82 Å². The van der Waals surface area contributed by atoms with E-state index in [2.05, 4.69) is 20.3 Å². The van der Waals surface area contributed by atoms with E-state index in [1.807, 2.05) is 42.5 Å². The predicted octanol–water partition coefficient (Wildman–Crippen LogP) is 3.69. The molecule has 5 rings (SSSR count). The van der Waals surface area contributed by atoms with Crippen LogP contribution in [0.25, 0.3) is 39.7 Å². The van der Waals surface area contributed by atoms with E-state index in [-0.39, 0.29) is 5.84 Å². The Morgan fingerprint density at radius 3 is 2.70 bits per heavy atom. The van der Waals surface area contributed by atoms with Gasteiger partial charge in [0.2, 0.25) is 5.89 Å². The third-order valence-corrected chi connectivity index (χ3v) is 4.03. The number of nitrogens with zero attached hydrogens (tertiary/aromatic N) is 5. The number of hydrogen-bond acceptors (Lipinski definition) is 5. The summed E-state index contributed by atoms with van der Waals surface area (Å²) in [5.41, 5.74) is 2.24. The summed E-state index contributed by atoms with van der Waals surface area (Å²) in [6, 6.07) is 15.1. The van der Waals surface area contributed by atoms with E-state index < -0.39 is 0 Å². The third kappa shape index (κ3) is 1.75. The summed E-state index contributed by atoms with van der Waals surface area (Å²) in [5.74, 6) is 1.26. The molecule has 2 aromatic carbocycles. The zero-order valence-corrected chi connectivity index (χ0v) is 12.4. The van der Waals surface area contributed by atoms with Crippen molar-refractivity contribution in [2.45, 2.75) is 0 Å². The Balaban J connectivity index is 1.82. The highest BCUT2D eigenvalue weighted by Gasteiger charge is 2.21. The summed E-state index contributed by atoms with van der Waals surface area (Å²) < 4.78 is 7.25. The maximum absolute atomic E-state index is 6.21. The quantitative estimate of drug-likeness (QED) is 0.471. The van der Waals surface area contributed by atoms with E-state index in [0.717, 1.165) is 10.9 Å². The van der Waals surface area contributed by atoms with Crippen molar-refractivity contribution in [3.8, 4) is 23.0 Å². The highest BCUT2D eigenvalue weighted by atomic mass is 35.5. The number of rotatable bonds is 1. The lowest BCUT2D eigenvalue weighted by Crippen LogP contribution is -2.00. The Labute approximate surface area is 134 Å². The summed E-state index contributed by atoms with van der Waals surface area (Å²) >= 11 is 6.21. The molecule has 0 N–H and O–H groups in total. The minimum absolute atomic E-state index is 0.273. The van der Waals surface area contributed by atoms with Crippen molar-refractivity contribution in [1.29, 1.82) is 0 Å². The normalized spacial score (nSPS) is 11.7. The Hall–Kier alpha value is -2.99. The topological polar surface area (TPSA) is 69.1 Å².